The number of phenolic OH excluding ortho intramolecular Hbond substituents is 1. The number of ketones is 2. The molecule has 1 aromatic heterocycles. The first-order valence-corrected chi connectivity index (χ1v) is 6.88. The van der Waals surface area contributed by atoms with Gasteiger partial charge in [0.2, 0.25) is 11.6 Å². The van der Waals surface area contributed by atoms with Gasteiger partial charge in [0.25, 0.3) is 0 Å². The maximum Gasteiger partial charge on any atom is 0.224 e. The highest BCUT2D eigenvalue weighted by atomic mass is 16.3. The summed E-state index contributed by atoms with van der Waals surface area (Å²) in [5, 5.41) is 10.1. The first kappa shape index (κ1) is 13.4. The van der Waals surface area contributed by atoms with Crippen molar-refractivity contribution in [1.29, 1.82) is 0 Å². The maximum absolute atomic E-state index is 12.7. The zero-order chi connectivity index (χ0) is 15.1. The molecule has 2 aromatic rings. The standard InChI is InChI=1S/C16H15NO4/c1-3-17(4-2)11-8-12(19)16-14(15(11)20)10-7-9(18)5-6-13(10)21-16/h5-8,18H,3-4H2,1-2H3. The number of Topliss-reactive ketones (excluding diaryl/α,β-unsaturated/α-hetero) is 1. The number of hydrogen-bond acceptors (Lipinski definition) is 5. The summed E-state index contributed by atoms with van der Waals surface area (Å²) in [7, 11) is 0. The summed E-state index contributed by atoms with van der Waals surface area (Å²) in [6.45, 7) is 5.13. The monoisotopic (exact) mass is 285 g/mol. The van der Waals surface area contributed by atoms with Crippen molar-refractivity contribution in [3.8, 4) is 5.75 Å². The second-order valence-corrected chi connectivity index (χ2v) is 4.88. The van der Waals surface area contributed by atoms with E-state index < -0.39 is 0 Å². The fourth-order valence-corrected chi connectivity index (χ4v) is 2.67. The van der Waals surface area contributed by atoms with Gasteiger partial charge in [-0.15, -0.1) is 0 Å². The Hall–Kier alpha value is -2.56. The number of phenols is 1. The van der Waals surface area contributed by atoms with E-state index in [-0.39, 0.29) is 28.6 Å². The molecule has 1 aliphatic carbocycles. The van der Waals surface area contributed by atoms with Gasteiger partial charge >= 0.3 is 0 Å². The minimum atomic E-state index is -0.317. The molecular weight excluding hydrogens is 270 g/mol. The Bertz CT molecular complexity index is 781. The molecule has 0 atom stereocenters. The lowest BCUT2D eigenvalue weighted by atomic mass is 9.95. The van der Waals surface area contributed by atoms with Crippen molar-refractivity contribution in [2.45, 2.75) is 13.8 Å². The predicted molar refractivity (Wildman–Crippen MR) is 77.5 cm³/mol. The molecule has 1 N–H and O–H groups in total. The molecule has 0 fully saturated rings. The lowest BCUT2D eigenvalue weighted by Crippen LogP contribution is -2.30. The summed E-state index contributed by atoms with van der Waals surface area (Å²) >= 11 is 0. The highest BCUT2D eigenvalue weighted by Gasteiger charge is 2.33. The van der Waals surface area contributed by atoms with Crippen molar-refractivity contribution in [1.82, 2.24) is 4.90 Å². The second-order valence-electron chi connectivity index (χ2n) is 4.88. The Morgan fingerprint density at radius 1 is 1.19 bits per heavy atom. The summed E-state index contributed by atoms with van der Waals surface area (Å²) < 4.78 is 5.48. The first-order valence-electron chi connectivity index (χ1n) is 6.88. The third-order valence-corrected chi connectivity index (χ3v) is 3.73. The van der Waals surface area contributed by atoms with Crippen molar-refractivity contribution >= 4 is 22.5 Å². The van der Waals surface area contributed by atoms with Crippen LogP contribution in [0.1, 0.15) is 34.8 Å². The molecule has 1 aliphatic rings. The molecule has 0 saturated carbocycles. The van der Waals surface area contributed by atoms with Gasteiger partial charge in [0.1, 0.15) is 11.3 Å². The Balaban J connectivity index is 2.22. The normalized spacial score (nSPS) is 14.3. The molecule has 0 radical (unpaired) electrons. The van der Waals surface area contributed by atoms with E-state index in [0.717, 1.165) is 0 Å². The Labute approximate surface area is 121 Å². The fourth-order valence-electron chi connectivity index (χ4n) is 2.67. The van der Waals surface area contributed by atoms with Crippen LogP contribution in [0.3, 0.4) is 0 Å². The number of benzene rings is 1. The lowest BCUT2D eigenvalue weighted by molar-refractivity contribution is 0.0941. The smallest absolute Gasteiger partial charge is 0.224 e. The van der Waals surface area contributed by atoms with E-state index >= 15 is 0 Å². The summed E-state index contributed by atoms with van der Waals surface area (Å²) in [5.41, 5.74) is 1.05. The molecule has 21 heavy (non-hydrogen) atoms. The van der Waals surface area contributed by atoms with Gasteiger partial charge < -0.3 is 14.4 Å². The number of allylic oxidation sites excluding steroid dienone is 2. The number of hydrogen-bond donors (Lipinski definition) is 1. The van der Waals surface area contributed by atoms with Gasteiger partial charge in [-0.25, -0.2) is 0 Å². The summed E-state index contributed by atoms with van der Waals surface area (Å²) in [5.74, 6) is -0.471. The van der Waals surface area contributed by atoms with Crippen molar-refractivity contribution in [2.24, 2.45) is 0 Å². The zero-order valence-corrected chi connectivity index (χ0v) is 11.8. The molecule has 0 aliphatic heterocycles. The van der Waals surface area contributed by atoms with Gasteiger partial charge in [0.05, 0.1) is 11.3 Å². The number of fused-ring (bicyclic) bond motifs is 3. The van der Waals surface area contributed by atoms with Crippen LogP contribution in [-0.4, -0.2) is 34.7 Å². The van der Waals surface area contributed by atoms with Gasteiger partial charge in [-0.3, -0.25) is 9.59 Å². The minimum absolute atomic E-state index is 0.0327. The van der Waals surface area contributed by atoms with Crippen molar-refractivity contribution in [3.05, 3.63) is 41.3 Å². The number of carbonyl (C=O) groups is 2. The van der Waals surface area contributed by atoms with E-state index in [1.165, 1.54) is 18.2 Å². The van der Waals surface area contributed by atoms with Crippen molar-refractivity contribution in [2.75, 3.05) is 13.1 Å². The van der Waals surface area contributed by atoms with Crippen molar-refractivity contribution < 1.29 is 19.1 Å². The van der Waals surface area contributed by atoms with E-state index in [1.54, 1.807) is 6.07 Å². The minimum Gasteiger partial charge on any atom is -0.508 e. The predicted octanol–water partition coefficient (Wildman–Crippen LogP) is 2.74. The van der Waals surface area contributed by atoms with Gasteiger partial charge in [0.15, 0.2) is 5.76 Å². The van der Waals surface area contributed by atoms with E-state index in [0.29, 0.717) is 29.8 Å². The fraction of sp³-hybridized carbons (Fsp3) is 0.250. The van der Waals surface area contributed by atoms with Crippen LogP contribution in [-0.2, 0) is 0 Å². The quantitative estimate of drug-likeness (QED) is 0.939. The van der Waals surface area contributed by atoms with Crippen LogP contribution in [0.2, 0.25) is 0 Å². The molecule has 0 spiro atoms. The van der Waals surface area contributed by atoms with Crippen LogP contribution in [0, 0.1) is 0 Å². The summed E-state index contributed by atoms with van der Waals surface area (Å²) in [6, 6.07) is 4.47. The van der Waals surface area contributed by atoms with Crippen LogP contribution in [0.5, 0.6) is 5.75 Å². The highest BCUT2D eigenvalue weighted by Crippen LogP contribution is 2.34. The lowest BCUT2D eigenvalue weighted by Gasteiger charge is -2.24. The van der Waals surface area contributed by atoms with Gasteiger partial charge in [-0.05, 0) is 32.0 Å². The van der Waals surface area contributed by atoms with E-state index in [2.05, 4.69) is 0 Å². The maximum atomic E-state index is 12.7. The Morgan fingerprint density at radius 2 is 1.90 bits per heavy atom. The Morgan fingerprint density at radius 3 is 2.57 bits per heavy atom. The van der Waals surface area contributed by atoms with Gasteiger partial charge in [-0.2, -0.15) is 0 Å². The molecular formula is C16H15NO4. The van der Waals surface area contributed by atoms with Crippen LogP contribution in [0.25, 0.3) is 11.0 Å². The van der Waals surface area contributed by atoms with E-state index in [9.17, 15) is 14.7 Å². The molecule has 3 rings (SSSR count). The molecule has 1 aromatic carbocycles. The molecule has 0 amide bonds. The SMILES string of the molecule is CCN(CC)C1=CC(=O)c2oc3ccc(O)cc3c2C1=O. The molecule has 0 saturated heterocycles. The highest BCUT2D eigenvalue weighted by molar-refractivity contribution is 6.28. The van der Waals surface area contributed by atoms with Crippen LogP contribution >= 0.6 is 0 Å². The number of rotatable bonds is 3. The van der Waals surface area contributed by atoms with Crippen LogP contribution in [0.4, 0.5) is 0 Å². The molecule has 1 heterocycles. The zero-order valence-electron chi connectivity index (χ0n) is 11.8. The molecule has 0 unspecified atom stereocenters. The average Bonchev–Trinajstić information content (AvgIpc) is 2.84. The molecule has 5 nitrogen and oxygen atoms in total. The average molecular weight is 285 g/mol. The number of carbonyl (C=O) groups excluding carboxylic acids is 2. The van der Waals surface area contributed by atoms with Crippen molar-refractivity contribution in [3.63, 3.8) is 0 Å². The van der Waals surface area contributed by atoms with E-state index in [1.807, 2.05) is 18.7 Å². The van der Waals surface area contributed by atoms with Gasteiger partial charge in [0, 0.05) is 24.6 Å². The molecule has 5 heteroatoms. The number of aromatic hydroxyl groups is 1. The first-order chi connectivity index (χ1) is 10.1. The number of likely N-dealkylation sites (N-methyl/N-ethyl adjacent to an activating group) is 1. The number of nitrogens with zero attached hydrogens (tertiary/aromatic N) is 1. The third-order valence-electron chi connectivity index (χ3n) is 3.73. The second kappa shape index (κ2) is 4.77. The largest absolute Gasteiger partial charge is 0.508 e. The topological polar surface area (TPSA) is 70.8 Å². The van der Waals surface area contributed by atoms with Crippen LogP contribution < -0.4 is 0 Å². The third kappa shape index (κ3) is 1.93. The Kier molecular flexibility index (Phi) is 3.05. The summed E-state index contributed by atoms with van der Waals surface area (Å²) in [4.78, 5) is 26.8. The number of furan rings is 1. The van der Waals surface area contributed by atoms with Crippen LogP contribution in [0.15, 0.2) is 34.4 Å². The summed E-state index contributed by atoms with van der Waals surface area (Å²) in [6.07, 6.45) is 1.33. The van der Waals surface area contributed by atoms with E-state index in [4.69, 9.17) is 4.42 Å². The molecule has 0 bridgehead atoms. The molecule has 108 valence electrons. The van der Waals surface area contributed by atoms with Gasteiger partial charge in [-0.1, -0.05) is 0 Å².